The first-order valence-electron chi connectivity index (χ1n) is 11.2. The molecule has 1 unspecified atom stereocenters. The molecule has 1 saturated carbocycles. The molecule has 0 radical (unpaired) electrons. The highest BCUT2D eigenvalue weighted by Crippen LogP contribution is 2.30. The second kappa shape index (κ2) is 9.97. The molecule has 1 aliphatic carbocycles. The van der Waals surface area contributed by atoms with Crippen LogP contribution < -0.4 is 15.1 Å². The minimum absolute atomic E-state index is 0.148. The quantitative estimate of drug-likeness (QED) is 0.655. The fraction of sp³-hybridized carbons (Fsp3) is 0.591. The van der Waals surface area contributed by atoms with E-state index >= 15 is 0 Å². The van der Waals surface area contributed by atoms with E-state index in [0.29, 0.717) is 37.6 Å². The van der Waals surface area contributed by atoms with Crippen LogP contribution in [0.3, 0.4) is 0 Å². The summed E-state index contributed by atoms with van der Waals surface area (Å²) in [6.07, 6.45) is 4.34. The number of nitrogens with zero attached hydrogens (tertiary/aromatic N) is 3. The van der Waals surface area contributed by atoms with E-state index in [1.807, 2.05) is 9.80 Å². The van der Waals surface area contributed by atoms with Gasteiger partial charge in [-0.2, -0.15) is 0 Å². The molecular weight excluding hydrogens is 435 g/mol. The van der Waals surface area contributed by atoms with Crippen molar-refractivity contribution in [1.82, 2.24) is 10.2 Å². The summed E-state index contributed by atoms with van der Waals surface area (Å²) in [5, 5.41) is 1.98. The molecule has 4 rings (SSSR count). The van der Waals surface area contributed by atoms with Gasteiger partial charge >= 0.3 is 6.09 Å². The van der Waals surface area contributed by atoms with E-state index in [1.165, 1.54) is 17.4 Å². The number of thiol groups is 1. The van der Waals surface area contributed by atoms with Crippen LogP contribution in [-0.4, -0.2) is 67.5 Å². The summed E-state index contributed by atoms with van der Waals surface area (Å²) in [7, 11) is 0. The molecule has 2 heterocycles. The Morgan fingerprint density at radius 3 is 2.50 bits per heavy atom. The maximum atomic E-state index is 14.9. The number of ether oxygens (including phenoxy) is 1. The van der Waals surface area contributed by atoms with E-state index < -0.39 is 23.3 Å². The van der Waals surface area contributed by atoms with Crippen LogP contribution in [0.15, 0.2) is 18.2 Å². The first kappa shape index (κ1) is 22.7. The second-order valence-corrected chi connectivity index (χ2v) is 8.99. The Bertz CT molecular complexity index is 871. The third kappa shape index (κ3) is 5.11. The van der Waals surface area contributed by atoms with E-state index in [1.54, 1.807) is 12.1 Å². The highest BCUT2D eigenvalue weighted by Gasteiger charge is 2.33. The van der Waals surface area contributed by atoms with E-state index in [4.69, 9.17) is 4.74 Å². The zero-order chi connectivity index (χ0) is 22.7. The van der Waals surface area contributed by atoms with Crippen LogP contribution in [-0.2, 0) is 9.53 Å². The number of carbonyl (C=O) groups excluding carboxylic acids is 3. The van der Waals surface area contributed by atoms with Gasteiger partial charge in [0.05, 0.1) is 24.5 Å². The number of carbonyl (C=O) groups is 3. The standard InChI is InChI=1S/C22H29FN4O4S/c23-18-12-16(27-14-17(31-22(27)30)13-24-21(29)32)6-7-19(18)25-8-10-26(11-9-25)20(28)15-4-2-1-3-5-15/h6-7,12,15,17H,1-5,8-11,13-14H2,(H2,24,29,32). The number of hydrogen-bond acceptors (Lipinski definition) is 5. The van der Waals surface area contributed by atoms with Gasteiger partial charge in [0, 0.05) is 32.1 Å². The van der Waals surface area contributed by atoms with Crippen LogP contribution in [0.5, 0.6) is 0 Å². The Balaban J connectivity index is 1.34. The average molecular weight is 465 g/mol. The van der Waals surface area contributed by atoms with E-state index in [-0.39, 0.29) is 24.9 Å². The Morgan fingerprint density at radius 1 is 1.12 bits per heavy atom. The Labute approximate surface area is 192 Å². The minimum atomic E-state index is -0.578. The summed E-state index contributed by atoms with van der Waals surface area (Å²) in [6.45, 7) is 2.70. The molecule has 8 nitrogen and oxygen atoms in total. The maximum Gasteiger partial charge on any atom is 0.414 e. The Hall–Kier alpha value is -2.49. The minimum Gasteiger partial charge on any atom is -0.442 e. The van der Waals surface area contributed by atoms with Gasteiger partial charge < -0.3 is 19.9 Å². The molecule has 10 heteroatoms. The summed E-state index contributed by atoms with van der Waals surface area (Å²) in [5.74, 6) is -0.0257. The van der Waals surface area contributed by atoms with Crippen LogP contribution in [0.1, 0.15) is 32.1 Å². The largest absolute Gasteiger partial charge is 0.442 e. The molecule has 0 aromatic heterocycles. The summed E-state index contributed by atoms with van der Waals surface area (Å²) >= 11 is 3.62. The highest BCUT2D eigenvalue weighted by atomic mass is 32.1. The van der Waals surface area contributed by atoms with Gasteiger partial charge in [-0.1, -0.05) is 31.9 Å². The van der Waals surface area contributed by atoms with Crippen molar-refractivity contribution in [1.29, 1.82) is 0 Å². The number of cyclic esters (lactones) is 1. The van der Waals surface area contributed by atoms with Gasteiger partial charge in [-0.3, -0.25) is 14.5 Å². The molecule has 0 spiro atoms. The summed E-state index contributed by atoms with van der Waals surface area (Å²) in [6, 6.07) is 4.69. The topological polar surface area (TPSA) is 82.2 Å². The van der Waals surface area contributed by atoms with Crippen LogP contribution >= 0.6 is 12.6 Å². The van der Waals surface area contributed by atoms with Gasteiger partial charge in [-0.25, -0.2) is 9.18 Å². The smallest absolute Gasteiger partial charge is 0.414 e. The van der Waals surface area contributed by atoms with Crippen LogP contribution in [0.4, 0.5) is 25.4 Å². The van der Waals surface area contributed by atoms with Gasteiger partial charge in [-0.15, -0.1) is 0 Å². The lowest BCUT2D eigenvalue weighted by Gasteiger charge is -2.38. The molecule has 3 amide bonds. The highest BCUT2D eigenvalue weighted by molar-refractivity contribution is 7.96. The normalized spacial score (nSPS) is 22.1. The first-order valence-corrected chi connectivity index (χ1v) is 11.7. The van der Waals surface area contributed by atoms with Crippen LogP contribution in [0.2, 0.25) is 0 Å². The van der Waals surface area contributed by atoms with Crippen molar-refractivity contribution >= 4 is 41.2 Å². The van der Waals surface area contributed by atoms with Gasteiger partial charge in [0.25, 0.3) is 5.24 Å². The molecule has 0 bridgehead atoms. The molecule has 2 saturated heterocycles. The second-order valence-electron chi connectivity index (χ2n) is 8.59. The molecule has 1 N–H and O–H groups in total. The van der Waals surface area contributed by atoms with E-state index in [0.717, 1.165) is 25.7 Å². The molecule has 174 valence electrons. The molecule has 32 heavy (non-hydrogen) atoms. The van der Waals surface area contributed by atoms with Gasteiger partial charge in [0.15, 0.2) is 0 Å². The van der Waals surface area contributed by atoms with Gasteiger partial charge in [0.2, 0.25) is 5.91 Å². The zero-order valence-electron chi connectivity index (χ0n) is 18.0. The lowest BCUT2D eigenvalue weighted by molar-refractivity contribution is -0.136. The summed E-state index contributed by atoms with van der Waals surface area (Å²) in [5.41, 5.74) is 0.868. The number of nitrogens with one attached hydrogen (secondary N) is 1. The number of piperazine rings is 1. The lowest BCUT2D eigenvalue weighted by atomic mass is 9.88. The molecule has 3 aliphatic rings. The molecule has 1 aromatic carbocycles. The number of rotatable bonds is 5. The van der Waals surface area contributed by atoms with Gasteiger partial charge in [-0.05, 0) is 31.0 Å². The number of amides is 3. The number of anilines is 2. The van der Waals surface area contributed by atoms with Crippen LogP contribution in [0, 0.1) is 11.7 Å². The van der Waals surface area contributed by atoms with Crippen molar-refractivity contribution < 1.29 is 23.5 Å². The fourth-order valence-electron chi connectivity index (χ4n) is 4.74. The van der Waals surface area contributed by atoms with Crippen molar-refractivity contribution in [3.8, 4) is 0 Å². The van der Waals surface area contributed by atoms with Crippen molar-refractivity contribution in [2.75, 3.05) is 49.1 Å². The fourth-order valence-corrected chi connectivity index (χ4v) is 4.83. The van der Waals surface area contributed by atoms with Crippen molar-refractivity contribution in [2.24, 2.45) is 5.92 Å². The van der Waals surface area contributed by atoms with E-state index in [2.05, 4.69) is 17.9 Å². The van der Waals surface area contributed by atoms with Crippen molar-refractivity contribution in [3.63, 3.8) is 0 Å². The van der Waals surface area contributed by atoms with Gasteiger partial charge in [0.1, 0.15) is 11.9 Å². The predicted molar refractivity (Wildman–Crippen MR) is 122 cm³/mol. The maximum absolute atomic E-state index is 14.9. The third-order valence-electron chi connectivity index (χ3n) is 6.48. The Kier molecular flexibility index (Phi) is 7.07. The number of halogens is 1. The number of benzene rings is 1. The molecular formula is C22H29FN4O4S. The zero-order valence-corrected chi connectivity index (χ0v) is 18.9. The molecule has 1 aromatic rings. The lowest BCUT2D eigenvalue weighted by Crippen LogP contribution is -2.50. The first-order chi connectivity index (χ1) is 15.4. The summed E-state index contributed by atoms with van der Waals surface area (Å²) in [4.78, 5) is 41.1. The average Bonchev–Trinajstić information content (AvgIpc) is 3.18. The number of hydrogen-bond donors (Lipinski definition) is 2. The summed E-state index contributed by atoms with van der Waals surface area (Å²) < 4.78 is 20.2. The third-order valence-corrected chi connectivity index (χ3v) is 6.64. The Morgan fingerprint density at radius 2 is 1.84 bits per heavy atom. The molecule has 3 fully saturated rings. The molecule has 1 atom stereocenters. The monoisotopic (exact) mass is 464 g/mol. The van der Waals surface area contributed by atoms with Crippen molar-refractivity contribution in [2.45, 2.75) is 38.2 Å². The predicted octanol–water partition coefficient (Wildman–Crippen LogP) is 3.02. The van der Waals surface area contributed by atoms with Crippen LogP contribution in [0.25, 0.3) is 0 Å². The SMILES string of the molecule is O=C(S)NCC1CN(c2ccc(N3CCN(C(=O)C4CCCCC4)CC3)c(F)c2)C(=O)O1. The molecule has 2 aliphatic heterocycles. The van der Waals surface area contributed by atoms with E-state index in [9.17, 15) is 18.8 Å². The van der Waals surface area contributed by atoms with Crippen molar-refractivity contribution in [3.05, 3.63) is 24.0 Å².